The second-order valence-electron chi connectivity index (χ2n) is 4.24. The number of rotatable bonds is 11. The zero-order chi connectivity index (χ0) is 11.9. The molecular weight excluding hydrogens is 196 g/mol. The SMILES string of the molecule is CCCC/C=C/CCCCC/C=C/CCO. The van der Waals surface area contributed by atoms with Crippen molar-refractivity contribution in [2.24, 2.45) is 0 Å². The summed E-state index contributed by atoms with van der Waals surface area (Å²) >= 11 is 0. The molecule has 0 heterocycles. The van der Waals surface area contributed by atoms with E-state index in [0.717, 1.165) is 6.42 Å². The number of aliphatic hydroxyl groups excluding tert-OH is 1. The fraction of sp³-hybridized carbons (Fsp3) is 0.733. The summed E-state index contributed by atoms with van der Waals surface area (Å²) in [6, 6.07) is 0. The smallest absolute Gasteiger partial charge is 0.0465 e. The molecule has 0 aliphatic carbocycles. The van der Waals surface area contributed by atoms with Crippen molar-refractivity contribution in [2.45, 2.75) is 64.7 Å². The molecule has 0 amide bonds. The highest BCUT2D eigenvalue weighted by atomic mass is 16.2. The van der Waals surface area contributed by atoms with Gasteiger partial charge in [0.25, 0.3) is 0 Å². The summed E-state index contributed by atoms with van der Waals surface area (Å²) in [7, 11) is 0. The van der Waals surface area contributed by atoms with Crippen LogP contribution >= 0.6 is 0 Å². The molecule has 1 nitrogen and oxygen atoms in total. The Balaban J connectivity index is 3.06. The third kappa shape index (κ3) is 13.4. The molecule has 0 rings (SSSR count). The van der Waals surface area contributed by atoms with Crippen molar-refractivity contribution in [3.05, 3.63) is 24.3 Å². The number of aliphatic hydroxyl groups is 1. The molecule has 0 saturated heterocycles. The van der Waals surface area contributed by atoms with Crippen LogP contribution in [-0.4, -0.2) is 11.7 Å². The Hall–Kier alpha value is -0.560. The highest BCUT2D eigenvalue weighted by molar-refractivity contribution is 4.82. The predicted octanol–water partition coefficient (Wildman–Crippen LogP) is 4.62. The molecule has 0 saturated carbocycles. The first kappa shape index (κ1) is 15.4. The van der Waals surface area contributed by atoms with E-state index < -0.39 is 0 Å². The van der Waals surface area contributed by atoms with Gasteiger partial charge in [0.1, 0.15) is 0 Å². The van der Waals surface area contributed by atoms with Gasteiger partial charge in [0.15, 0.2) is 0 Å². The Labute approximate surface area is 101 Å². The summed E-state index contributed by atoms with van der Waals surface area (Å²) in [4.78, 5) is 0. The van der Waals surface area contributed by atoms with Crippen LogP contribution in [-0.2, 0) is 0 Å². The van der Waals surface area contributed by atoms with E-state index in [1.165, 1.54) is 51.4 Å². The van der Waals surface area contributed by atoms with Crippen LogP contribution in [0, 0.1) is 0 Å². The lowest BCUT2D eigenvalue weighted by atomic mass is 10.1. The average molecular weight is 224 g/mol. The fourth-order valence-corrected chi connectivity index (χ4v) is 1.57. The maximum atomic E-state index is 8.57. The molecule has 0 aliphatic rings. The quantitative estimate of drug-likeness (QED) is 0.401. The van der Waals surface area contributed by atoms with Crippen LogP contribution in [0.3, 0.4) is 0 Å². The Bertz CT molecular complexity index is 170. The summed E-state index contributed by atoms with van der Waals surface area (Å²) in [6.45, 7) is 2.51. The topological polar surface area (TPSA) is 20.2 Å². The number of hydrogen-bond donors (Lipinski definition) is 1. The van der Waals surface area contributed by atoms with E-state index in [9.17, 15) is 0 Å². The zero-order valence-corrected chi connectivity index (χ0v) is 10.8. The minimum absolute atomic E-state index is 0.277. The third-order valence-electron chi connectivity index (χ3n) is 2.60. The molecule has 0 aromatic carbocycles. The van der Waals surface area contributed by atoms with Gasteiger partial charge in [-0.2, -0.15) is 0 Å². The molecule has 0 spiro atoms. The van der Waals surface area contributed by atoms with Crippen LogP contribution < -0.4 is 0 Å². The van der Waals surface area contributed by atoms with Crippen molar-refractivity contribution in [2.75, 3.05) is 6.61 Å². The largest absolute Gasteiger partial charge is 0.396 e. The maximum absolute atomic E-state index is 8.57. The highest BCUT2D eigenvalue weighted by Gasteiger charge is 1.86. The van der Waals surface area contributed by atoms with Gasteiger partial charge in [-0.1, -0.05) is 50.5 Å². The second-order valence-corrected chi connectivity index (χ2v) is 4.24. The van der Waals surface area contributed by atoms with Gasteiger partial charge in [-0.3, -0.25) is 0 Å². The van der Waals surface area contributed by atoms with E-state index in [2.05, 4.69) is 31.2 Å². The van der Waals surface area contributed by atoms with E-state index in [-0.39, 0.29) is 6.61 Å². The highest BCUT2D eigenvalue weighted by Crippen LogP contribution is 2.05. The van der Waals surface area contributed by atoms with Crippen molar-refractivity contribution in [3.8, 4) is 0 Å². The van der Waals surface area contributed by atoms with Gasteiger partial charge in [0, 0.05) is 6.61 Å². The first-order valence-corrected chi connectivity index (χ1v) is 6.82. The molecule has 0 radical (unpaired) electrons. The van der Waals surface area contributed by atoms with Gasteiger partial charge < -0.3 is 5.11 Å². The summed E-state index contributed by atoms with van der Waals surface area (Å²) < 4.78 is 0. The zero-order valence-electron chi connectivity index (χ0n) is 10.8. The molecule has 1 N–H and O–H groups in total. The van der Waals surface area contributed by atoms with E-state index in [1.807, 2.05) is 0 Å². The molecule has 0 fully saturated rings. The lowest BCUT2D eigenvalue weighted by molar-refractivity contribution is 0.302. The number of unbranched alkanes of at least 4 members (excludes halogenated alkanes) is 6. The van der Waals surface area contributed by atoms with Crippen molar-refractivity contribution in [1.29, 1.82) is 0 Å². The number of allylic oxidation sites excluding steroid dienone is 3. The van der Waals surface area contributed by atoms with Crippen LogP contribution in [0.1, 0.15) is 64.7 Å². The van der Waals surface area contributed by atoms with Gasteiger partial charge in [0.2, 0.25) is 0 Å². The van der Waals surface area contributed by atoms with Gasteiger partial charge in [0.05, 0.1) is 0 Å². The predicted molar refractivity (Wildman–Crippen MR) is 72.6 cm³/mol. The van der Waals surface area contributed by atoms with Crippen LogP contribution in [0.5, 0.6) is 0 Å². The third-order valence-corrected chi connectivity index (χ3v) is 2.60. The normalized spacial score (nSPS) is 11.9. The van der Waals surface area contributed by atoms with Gasteiger partial charge >= 0.3 is 0 Å². The Morgan fingerprint density at radius 2 is 1.19 bits per heavy atom. The second kappa shape index (κ2) is 14.4. The van der Waals surface area contributed by atoms with Crippen molar-refractivity contribution in [1.82, 2.24) is 0 Å². The molecule has 0 aromatic heterocycles. The Kier molecular flexibility index (Phi) is 13.9. The summed E-state index contributed by atoms with van der Waals surface area (Å²) in [6.07, 6.45) is 19.9. The molecule has 0 atom stereocenters. The standard InChI is InChI=1S/C15H28O/c1-2-3-4-5-6-7-8-9-10-11-12-13-14-15-16/h5-6,12-13,16H,2-4,7-11,14-15H2,1H3/b6-5+,13-12+. The minimum Gasteiger partial charge on any atom is -0.396 e. The van der Waals surface area contributed by atoms with E-state index in [4.69, 9.17) is 5.11 Å². The summed E-state index contributed by atoms with van der Waals surface area (Å²) in [5.41, 5.74) is 0. The van der Waals surface area contributed by atoms with Crippen LogP contribution in [0.25, 0.3) is 0 Å². The van der Waals surface area contributed by atoms with E-state index >= 15 is 0 Å². The van der Waals surface area contributed by atoms with Crippen LogP contribution in [0.2, 0.25) is 0 Å². The average Bonchev–Trinajstić information content (AvgIpc) is 2.31. The van der Waals surface area contributed by atoms with Gasteiger partial charge in [-0.15, -0.1) is 0 Å². The van der Waals surface area contributed by atoms with Crippen molar-refractivity contribution in [3.63, 3.8) is 0 Å². The number of hydrogen-bond acceptors (Lipinski definition) is 1. The minimum atomic E-state index is 0.277. The Morgan fingerprint density at radius 3 is 1.69 bits per heavy atom. The molecule has 16 heavy (non-hydrogen) atoms. The molecular formula is C15H28O. The summed E-state index contributed by atoms with van der Waals surface area (Å²) in [5, 5.41) is 8.57. The van der Waals surface area contributed by atoms with Gasteiger partial charge in [-0.25, -0.2) is 0 Å². The molecule has 0 aromatic rings. The molecule has 1 heteroatoms. The molecule has 0 unspecified atom stereocenters. The summed E-state index contributed by atoms with van der Waals surface area (Å²) in [5.74, 6) is 0. The van der Waals surface area contributed by atoms with E-state index in [0.29, 0.717) is 0 Å². The molecule has 0 aliphatic heterocycles. The van der Waals surface area contributed by atoms with Crippen LogP contribution in [0.4, 0.5) is 0 Å². The lowest BCUT2D eigenvalue weighted by Crippen LogP contribution is -1.77. The first-order chi connectivity index (χ1) is 7.91. The van der Waals surface area contributed by atoms with Crippen molar-refractivity contribution >= 4 is 0 Å². The van der Waals surface area contributed by atoms with Crippen LogP contribution in [0.15, 0.2) is 24.3 Å². The monoisotopic (exact) mass is 224 g/mol. The first-order valence-electron chi connectivity index (χ1n) is 6.82. The van der Waals surface area contributed by atoms with E-state index in [1.54, 1.807) is 0 Å². The molecule has 0 bridgehead atoms. The van der Waals surface area contributed by atoms with Crippen molar-refractivity contribution < 1.29 is 5.11 Å². The molecule has 94 valence electrons. The lowest BCUT2D eigenvalue weighted by Gasteiger charge is -1.95. The Morgan fingerprint density at radius 1 is 0.688 bits per heavy atom. The van der Waals surface area contributed by atoms with Gasteiger partial charge in [-0.05, 0) is 38.5 Å². The fourth-order valence-electron chi connectivity index (χ4n) is 1.57. The maximum Gasteiger partial charge on any atom is 0.0465 e.